The average molecular weight is 245 g/mol. The van der Waals surface area contributed by atoms with Gasteiger partial charge in [-0.15, -0.1) is 0 Å². The van der Waals surface area contributed by atoms with Crippen molar-refractivity contribution in [1.29, 1.82) is 0 Å². The Morgan fingerprint density at radius 1 is 1.11 bits per heavy atom. The molecule has 0 saturated heterocycles. The zero-order valence-electron chi connectivity index (χ0n) is 11.9. The van der Waals surface area contributed by atoms with Crippen molar-refractivity contribution >= 4 is 0 Å². The van der Waals surface area contributed by atoms with Crippen LogP contribution < -0.4 is 0 Å². The molecule has 1 fully saturated rings. The Bertz CT molecular complexity index is 327. The fourth-order valence-electron chi connectivity index (χ4n) is 3.11. The number of hydrogen-bond acceptors (Lipinski definition) is 1. The summed E-state index contributed by atoms with van der Waals surface area (Å²) in [6.07, 6.45) is 8.68. The lowest BCUT2D eigenvalue weighted by Crippen LogP contribution is -2.31. The third kappa shape index (κ3) is 4.13. The number of hydrogen-bond donors (Lipinski definition) is 0. The first-order valence-electron chi connectivity index (χ1n) is 7.50. The molecule has 1 atom stereocenters. The van der Waals surface area contributed by atoms with E-state index in [-0.39, 0.29) is 0 Å². The fraction of sp³-hybridized carbons (Fsp3) is 0.647. The SMILES string of the molecule is CC(CC1CCCCC1)N(C)Cc1ccccc1. The largest absolute Gasteiger partial charge is 0.299 e. The highest BCUT2D eigenvalue weighted by Crippen LogP contribution is 2.28. The highest BCUT2D eigenvalue weighted by molar-refractivity contribution is 5.14. The molecule has 0 aromatic heterocycles. The van der Waals surface area contributed by atoms with E-state index in [4.69, 9.17) is 0 Å². The molecule has 0 amide bonds. The molecule has 1 saturated carbocycles. The quantitative estimate of drug-likeness (QED) is 0.739. The van der Waals surface area contributed by atoms with Gasteiger partial charge >= 0.3 is 0 Å². The van der Waals surface area contributed by atoms with Gasteiger partial charge in [-0.25, -0.2) is 0 Å². The van der Waals surface area contributed by atoms with Crippen molar-refractivity contribution in [2.45, 2.75) is 58.0 Å². The standard InChI is InChI=1S/C17H27N/c1-15(13-16-9-5-3-6-10-16)18(2)14-17-11-7-4-8-12-17/h4,7-8,11-12,15-16H,3,5-6,9-10,13-14H2,1-2H3. The number of benzene rings is 1. The Morgan fingerprint density at radius 3 is 2.44 bits per heavy atom. The van der Waals surface area contributed by atoms with Crippen molar-refractivity contribution in [3.63, 3.8) is 0 Å². The van der Waals surface area contributed by atoms with Gasteiger partial charge in [0.25, 0.3) is 0 Å². The fourth-order valence-corrected chi connectivity index (χ4v) is 3.11. The molecular weight excluding hydrogens is 218 g/mol. The molecule has 18 heavy (non-hydrogen) atoms. The summed E-state index contributed by atoms with van der Waals surface area (Å²) in [5.74, 6) is 0.979. The summed E-state index contributed by atoms with van der Waals surface area (Å²) in [4.78, 5) is 2.50. The van der Waals surface area contributed by atoms with Crippen LogP contribution in [-0.4, -0.2) is 18.0 Å². The van der Waals surface area contributed by atoms with Gasteiger partial charge in [0, 0.05) is 12.6 Å². The second-order valence-corrected chi connectivity index (χ2v) is 5.99. The van der Waals surface area contributed by atoms with E-state index in [1.54, 1.807) is 0 Å². The molecule has 2 rings (SSSR count). The van der Waals surface area contributed by atoms with Crippen LogP contribution >= 0.6 is 0 Å². The Morgan fingerprint density at radius 2 is 1.78 bits per heavy atom. The van der Waals surface area contributed by atoms with E-state index in [9.17, 15) is 0 Å². The van der Waals surface area contributed by atoms with E-state index in [1.165, 1.54) is 44.1 Å². The third-order valence-electron chi connectivity index (χ3n) is 4.43. The van der Waals surface area contributed by atoms with Gasteiger partial charge in [-0.3, -0.25) is 4.90 Å². The summed E-state index contributed by atoms with van der Waals surface area (Å²) < 4.78 is 0. The minimum absolute atomic E-state index is 0.702. The van der Waals surface area contributed by atoms with Gasteiger partial charge in [-0.2, -0.15) is 0 Å². The topological polar surface area (TPSA) is 3.24 Å². The highest BCUT2D eigenvalue weighted by Gasteiger charge is 2.18. The first-order chi connectivity index (χ1) is 8.75. The second-order valence-electron chi connectivity index (χ2n) is 5.99. The van der Waals surface area contributed by atoms with Crippen LogP contribution in [-0.2, 0) is 6.54 Å². The van der Waals surface area contributed by atoms with Gasteiger partial charge in [-0.05, 0) is 31.9 Å². The summed E-state index contributed by atoms with van der Waals surface area (Å²) in [5.41, 5.74) is 1.43. The van der Waals surface area contributed by atoms with Crippen LogP contribution in [0.15, 0.2) is 30.3 Å². The smallest absolute Gasteiger partial charge is 0.0233 e. The van der Waals surface area contributed by atoms with Gasteiger partial charge in [0.15, 0.2) is 0 Å². The molecule has 1 aliphatic rings. The molecular formula is C17H27N. The third-order valence-corrected chi connectivity index (χ3v) is 4.43. The average Bonchev–Trinajstić information content (AvgIpc) is 2.41. The molecule has 0 radical (unpaired) electrons. The number of nitrogens with zero attached hydrogens (tertiary/aromatic N) is 1. The minimum Gasteiger partial charge on any atom is -0.299 e. The van der Waals surface area contributed by atoms with Crippen LogP contribution in [0.25, 0.3) is 0 Å². The van der Waals surface area contributed by atoms with Gasteiger partial charge < -0.3 is 0 Å². The van der Waals surface area contributed by atoms with Crippen molar-refractivity contribution in [3.05, 3.63) is 35.9 Å². The van der Waals surface area contributed by atoms with Crippen molar-refractivity contribution in [3.8, 4) is 0 Å². The van der Waals surface area contributed by atoms with Crippen LogP contribution in [0.3, 0.4) is 0 Å². The van der Waals surface area contributed by atoms with Gasteiger partial charge in [0.2, 0.25) is 0 Å². The molecule has 100 valence electrons. The lowest BCUT2D eigenvalue weighted by atomic mass is 9.85. The molecule has 1 nitrogen and oxygen atoms in total. The zero-order chi connectivity index (χ0) is 12.8. The first kappa shape index (κ1) is 13.6. The lowest BCUT2D eigenvalue weighted by Gasteiger charge is -2.30. The molecule has 0 spiro atoms. The summed E-state index contributed by atoms with van der Waals surface area (Å²) in [5, 5.41) is 0. The maximum Gasteiger partial charge on any atom is 0.0233 e. The van der Waals surface area contributed by atoms with E-state index in [2.05, 4.69) is 49.2 Å². The molecule has 0 N–H and O–H groups in total. The lowest BCUT2D eigenvalue weighted by molar-refractivity contribution is 0.193. The summed E-state index contributed by atoms with van der Waals surface area (Å²) >= 11 is 0. The molecule has 0 bridgehead atoms. The molecule has 1 aromatic carbocycles. The predicted molar refractivity (Wildman–Crippen MR) is 78.6 cm³/mol. The van der Waals surface area contributed by atoms with Gasteiger partial charge in [0.05, 0.1) is 0 Å². The molecule has 0 heterocycles. The Labute approximate surface area is 112 Å². The van der Waals surface area contributed by atoms with E-state index in [1.807, 2.05) is 0 Å². The van der Waals surface area contributed by atoms with E-state index >= 15 is 0 Å². The highest BCUT2D eigenvalue weighted by atomic mass is 15.1. The number of rotatable bonds is 5. The monoisotopic (exact) mass is 245 g/mol. The van der Waals surface area contributed by atoms with Gasteiger partial charge in [-0.1, -0.05) is 62.4 Å². The summed E-state index contributed by atoms with van der Waals surface area (Å²) in [6.45, 7) is 3.46. The van der Waals surface area contributed by atoms with E-state index in [0.29, 0.717) is 6.04 Å². The minimum atomic E-state index is 0.702. The first-order valence-corrected chi connectivity index (χ1v) is 7.50. The van der Waals surface area contributed by atoms with Crippen LogP contribution in [0, 0.1) is 5.92 Å². The molecule has 0 aliphatic heterocycles. The normalized spacial score (nSPS) is 19.1. The van der Waals surface area contributed by atoms with Crippen molar-refractivity contribution in [2.75, 3.05) is 7.05 Å². The maximum atomic E-state index is 2.50. The molecule has 1 aliphatic carbocycles. The van der Waals surface area contributed by atoms with Crippen molar-refractivity contribution in [1.82, 2.24) is 4.90 Å². The van der Waals surface area contributed by atoms with Crippen LogP contribution in [0.1, 0.15) is 51.0 Å². The zero-order valence-corrected chi connectivity index (χ0v) is 11.9. The maximum absolute atomic E-state index is 2.50. The molecule has 1 heteroatoms. The van der Waals surface area contributed by atoms with Crippen LogP contribution in [0.4, 0.5) is 0 Å². The Kier molecular flexibility index (Phi) is 5.25. The van der Waals surface area contributed by atoms with Gasteiger partial charge in [0.1, 0.15) is 0 Å². The molecule has 1 aromatic rings. The Hall–Kier alpha value is -0.820. The van der Waals surface area contributed by atoms with E-state index in [0.717, 1.165) is 12.5 Å². The van der Waals surface area contributed by atoms with Crippen LogP contribution in [0.2, 0.25) is 0 Å². The van der Waals surface area contributed by atoms with Crippen molar-refractivity contribution < 1.29 is 0 Å². The summed E-state index contributed by atoms with van der Waals surface area (Å²) in [6, 6.07) is 11.5. The Balaban J connectivity index is 1.79. The second kappa shape index (κ2) is 6.94. The summed E-state index contributed by atoms with van der Waals surface area (Å²) in [7, 11) is 2.26. The van der Waals surface area contributed by atoms with Crippen molar-refractivity contribution in [2.24, 2.45) is 5.92 Å². The van der Waals surface area contributed by atoms with E-state index < -0.39 is 0 Å². The predicted octanol–water partition coefficient (Wildman–Crippen LogP) is 4.48. The van der Waals surface area contributed by atoms with Crippen LogP contribution in [0.5, 0.6) is 0 Å². The molecule has 1 unspecified atom stereocenters.